The molecule has 0 radical (unpaired) electrons. The maximum absolute atomic E-state index is 11.5. The minimum atomic E-state index is -1.30. The third-order valence-electron chi connectivity index (χ3n) is 2.84. The fourth-order valence-electron chi connectivity index (χ4n) is 1.80. The summed E-state index contributed by atoms with van der Waals surface area (Å²) >= 11 is 0. The molecule has 1 rings (SSSR count). The van der Waals surface area contributed by atoms with E-state index in [4.69, 9.17) is 4.74 Å². The lowest BCUT2D eigenvalue weighted by atomic mass is 9.96. The van der Waals surface area contributed by atoms with Crippen LogP contribution in [-0.4, -0.2) is 21.7 Å². The number of aliphatic hydroxyl groups is 1. The molecular formula is C14H21NO3. The van der Waals surface area contributed by atoms with Gasteiger partial charge in [-0.1, -0.05) is 19.9 Å². The molecule has 0 aliphatic rings. The van der Waals surface area contributed by atoms with Gasteiger partial charge in [-0.3, -0.25) is 9.78 Å². The van der Waals surface area contributed by atoms with Crippen LogP contribution in [0.3, 0.4) is 0 Å². The standard InChI is InChI=1S/C14H21NO3/c1-4-13(16)11(2)9-14(3,17)18-10-12-7-5-6-8-15-12/h5-8,11,17H,4,9-10H2,1-3H3. The highest BCUT2D eigenvalue weighted by Crippen LogP contribution is 2.20. The molecule has 0 spiro atoms. The number of ketones is 1. The van der Waals surface area contributed by atoms with Crippen molar-refractivity contribution in [3.05, 3.63) is 30.1 Å². The molecule has 0 aliphatic carbocycles. The second-order valence-corrected chi connectivity index (χ2v) is 4.71. The van der Waals surface area contributed by atoms with Gasteiger partial charge < -0.3 is 9.84 Å². The summed E-state index contributed by atoms with van der Waals surface area (Å²) in [5.41, 5.74) is 0.757. The number of ether oxygens (including phenoxy) is 1. The van der Waals surface area contributed by atoms with Gasteiger partial charge >= 0.3 is 0 Å². The summed E-state index contributed by atoms with van der Waals surface area (Å²) in [6, 6.07) is 5.52. The lowest BCUT2D eigenvalue weighted by Gasteiger charge is -2.26. The number of Topliss-reactive ketones (excluding diaryl/α,β-unsaturated/α-hetero) is 1. The van der Waals surface area contributed by atoms with Crippen LogP contribution in [0, 0.1) is 5.92 Å². The molecule has 100 valence electrons. The lowest BCUT2D eigenvalue weighted by Crippen LogP contribution is -2.32. The van der Waals surface area contributed by atoms with Crippen LogP contribution in [-0.2, 0) is 16.1 Å². The molecule has 1 N–H and O–H groups in total. The van der Waals surface area contributed by atoms with Crippen LogP contribution in [0.25, 0.3) is 0 Å². The van der Waals surface area contributed by atoms with Crippen LogP contribution in [0.1, 0.15) is 39.3 Å². The molecule has 4 nitrogen and oxygen atoms in total. The minimum absolute atomic E-state index is 0.136. The van der Waals surface area contributed by atoms with Gasteiger partial charge in [-0.15, -0.1) is 0 Å². The predicted molar refractivity (Wildman–Crippen MR) is 68.7 cm³/mol. The Balaban J connectivity index is 2.47. The molecule has 0 fully saturated rings. The van der Waals surface area contributed by atoms with Crippen LogP contribution in [0.2, 0.25) is 0 Å². The fourth-order valence-corrected chi connectivity index (χ4v) is 1.80. The van der Waals surface area contributed by atoms with E-state index in [-0.39, 0.29) is 18.3 Å². The van der Waals surface area contributed by atoms with Crippen molar-refractivity contribution in [2.75, 3.05) is 0 Å². The largest absolute Gasteiger partial charge is 0.366 e. The molecular weight excluding hydrogens is 230 g/mol. The second kappa shape index (κ2) is 6.61. The molecule has 1 heterocycles. The van der Waals surface area contributed by atoms with E-state index in [0.717, 1.165) is 5.69 Å². The molecule has 0 bridgehead atoms. The average Bonchev–Trinajstić information content (AvgIpc) is 2.36. The Morgan fingerprint density at radius 1 is 1.56 bits per heavy atom. The van der Waals surface area contributed by atoms with Crippen molar-refractivity contribution in [1.29, 1.82) is 0 Å². The van der Waals surface area contributed by atoms with E-state index >= 15 is 0 Å². The molecule has 2 unspecified atom stereocenters. The number of hydrogen-bond acceptors (Lipinski definition) is 4. The van der Waals surface area contributed by atoms with E-state index in [1.165, 1.54) is 0 Å². The van der Waals surface area contributed by atoms with Gasteiger partial charge in [0.2, 0.25) is 0 Å². The molecule has 0 amide bonds. The van der Waals surface area contributed by atoms with Gasteiger partial charge in [-0.25, -0.2) is 0 Å². The molecule has 1 aromatic heterocycles. The lowest BCUT2D eigenvalue weighted by molar-refractivity contribution is -0.208. The summed E-state index contributed by atoms with van der Waals surface area (Å²) in [5.74, 6) is -1.37. The Labute approximate surface area is 108 Å². The molecule has 0 saturated carbocycles. The number of nitrogens with zero attached hydrogens (tertiary/aromatic N) is 1. The fraction of sp³-hybridized carbons (Fsp3) is 0.571. The van der Waals surface area contributed by atoms with Gasteiger partial charge in [0.1, 0.15) is 5.78 Å². The smallest absolute Gasteiger partial charge is 0.163 e. The molecule has 1 aromatic rings. The summed E-state index contributed by atoms with van der Waals surface area (Å²) in [7, 11) is 0. The summed E-state index contributed by atoms with van der Waals surface area (Å²) in [6.45, 7) is 5.45. The van der Waals surface area contributed by atoms with Crippen molar-refractivity contribution in [3.8, 4) is 0 Å². The van der Waals surface area contributed by atoms with Crippen LogP contribution in [0.15, 0.2) is 24.4 Å². The van der Waals surface area contributed by atoms with Gasteiger partial charge in [0.05, 0.1) is 12.3 Å². The number of hydrogen-bond donors (Lipinski definition) is 1. The molecule has 0 aliphatic heterocycles. The van der Waals surface area contributed by atoms with E-state index in [9.17, 15) is 9.90 Å². The minimum Gasteiger partial charge on any atom is -0.366 e. The first-order valence-electron chi connectivity index (χ1n) is 6.23. The highest BCUT2D eigenvalue weighted by molar-refractivity contribution is 5.80. The maximum Gasteiger partial charge on any atom is 0.163 e. The van der Waals surface area contributed by atoms with Crippen molar-refractivity contribution in [3.63, 3.8) is 0 Å². The van der Waals surface area contributed by atoms with Gasteiger partial charge in [0, 0.05) is 25.0 Å². The predicted octanol–water partition coefficient (Wildman–Crippen LogP) is 2.31. The Morgan fingerprint density at radius 3 is 2.83 bits per heavy atom. The first kappa shape index (κ1) is 14.8. The van der Waals surface area contributed by atoms with Crippen molar-refractivity contribution in [1.82, 2.24) is 4.98 Å². The zero-order chi connectivity index (χ0) is 13.6. The topological polar surface area (TPSA) is 59.4 Å². The summed E-state index contributed by atoms with van der Waals surface area (Å²) in [4.78, 5) is 15.6. The summed E-state index contributed by atoms with van der Waals surface area (Å²) < 4.78 is 5.42. The Hall–Kier alpha value is -1.26. The average molecular weight is 251 g/mol. The number of carbonyl (C=O) groups is 1. The van der Waals surface area contributed by atoms with Gasteiger partial charge in [-0.2, -0.15) is 0 Å². The van der Waals surface area contributed by atoms with Crippen LogP contribution < -0.4 is 0 Å². The van der Waals surface area contributed by atoms with E-state index in [0.29, 0.717) is 12.8 Å². The third-order valence-corrected chi connectivity index (χ3v) is 2.84. The van der Waals surface area contributed by atoms with Crippen molar-refractivity contribution in [2.45, 2.75) is 46.0 Å². The van der Waals surface area contributed by atoms with Crippen LogP contribution in [0.4, 0.5) is 0 Å². The van der Waals surface area contributed by atoms with Gasteiger partial charge in [0.25, 0.3) is 0 Å². The number of carbonyl (C=O) groups excluding carboxylic acids is 1. The zero-order valence-electron chi connectivity index (χ0n) is 11.2. The SMILES string of the molecule is CCC(=O)C(C)CC(C)(O)OCc1ccccn1. The summed E-state index contributed by atoms with van der Waals surface area (Å²) in [6.07, 6.45) is 2.46. The number of rotatable bonds is 7. The Morgan fingerprint density at radius 2 is 2.28 bits per heavy atom. The Kier molecular flexibility index (Phi) is 5.44. The van der Waals surface area contributed by atoms with E-state index in [1.807, 2.05) is 32.0 Å². The molecule has 0 aromatic carbocycles. The maximum atomic E-state index is 11.5. The molecule has 2 atom stereocenters. The molecule has 18 heavy (non-hydrogen) atoms. The van der Waals surface area contributed by atoms with Crippen LogP contribution in [0.5, 0.6) is 0 Å². The van der Waals surface area contributed by atoms with Crippen molar-refractivity contribution in [2.24, 2.45) is 5.92 Å². The quantitative estimate of drug-likeness (QED) is 0.755. The summed E-state index contributed by atoms with van der Waals surface area (Å²) in [5, 5.41) is 10.1. The Bertz CT molecular complexity index is 376. The molecule has 0 saturated heterocycles. The molecule has 4 heteroatoms. The highest BCUT2D eigenvalue weighted by Gasteiger charge is 2.27. The first-order chi connectivity index (χ1) is 8.44. The van der Waals surface area contributed by atoms with Crippen molar-refractivity contribution >= 4 is 5.78 Å². The van der Waals surface area contributed by atoms with Crippen molar-refractivity contribution < 1.29 is 14.6 Å². The number of pyridine rings is 1. The normalized spacial score (nSPS) is 16.0. The highest BCUT2D eigenvalue weighted by atomic mass is 16.6. The second-order valence-electron chi connectivity index (χ2n) is 4.71. The first-order valence-corrected chi connectivity index (χ1v) is 6.23. The van der Waals surface area contributed by atoms with Gasteiger partial charge in [-0.05, 0) is 19.1 Å². The zero-order valence-corrected chi connectivity index (χ0v) is 11.2. The van der Waals surface area contributed by atoms with E-state index in [1.54, 1.807) is 13.1 Å². The van der Waals surface area contributed by atoms with Crippen LogP contribution >= 0.6 is 0 Å². The van der Waals surface area contributed by atoms with Gasteiger partial charge in [0.15, 0.2) is 5.79 Å². The monoisotopic (exact) mass is 251 g/mol. The van der Waals surface area contributed by atoms with E-state index < -0.39 is 5.79 Å². The number of aromatic nitrogens is 1. The third kappa shape index (κ3) is 4.94. The van der Waals surface area contributed by atoms with E-state index in [2.05, 4.69) is 4.98 Å².